The van der Waals surface area contributed by atoms with Gasteiger partial charge in [0.25, 0.3) is 0 Å². The Hall–Kier alpha value is -1.26. The van der Waals surface area contributed by atoms with E-state index in [0.717, 1.165) is 12.8 Å². The molecule has 17 heavy (non-hydrogen) atoms. The van der Waals surface area contributed by atoms with Crippen molar-refractivity contribution in [3.05, 3.63) is 0 Å². The predicted octanol–water partition coefficient (Wildman–Crippen LogP) is 1.45. The fourth-order valence-corrected chi connectivity index (χ4v) is 1.91. The van der Waals surface area contributed by atoms with E-state index < -0.39 is 5.41 Å². The summed E-state index contributed by atoms with van der Waals surface area (Å²) in [6.45, 7) is 7.58. The number of hydrogen-bond acceptors (Lipinski definition) is 3. The van der Waals surface area contributed by atoms with Crippen LogP contribution in [0.4, 0.5) is 0 Å². The maximum Gasteiger partial charge on any atom is 0.234 e. The molecule has 1 rings (SSSR count). The summed E-state index contributed by atoms with van der Waals surface area (Å²) in [5.74, 6) is 0.330. The quantitative estimate of drug-likeness (QED) is 0.295. The number of rotatable bonds is 5. The van der Waals surface area contributed by atoms with Gasteiger partial charge in [-0.15, -0.1) is 0 Å². The minimum Gasteiger partial charge on any atom is -0.409 e. The molecule has 0 aliphatic heterocycles. The van der Waals surface area contributed by atoms with Crippen LogP contribution >= 0.6 is 0 Å². The Morgan fingerprint density at radius 3 is 2.35 bits per heavy atom. The Morgan fingerprint density at radius 2 is 2.00 bits per heavy atom. The van der Waals surface area contributed by atoms with Gasteiger partial charge >= 0.3 is 0 Å². The first-order valence-electron chi connectivity index (χ1n) is 6.08. The molecular weight excluding hydrogens is 218 g/mol. The monoisotopic (exact) mass is 241 g/mol. The molecule has 0 bridgehead atoms. The molecule has 4 N–H and O–H groups in total. The molecule has 0 saturated heterocycles. The molecule has 1 fully saturated rings. The number of carbonyl (C=O) groups excluding carboxylic acids is 1. The zero-order chi connectivity index (χ0) is 13.3. The maximum absolute atomic E-state index is 12.3. The lowest BCUT2D eigenvalue weighted by Gasteiger charge is -2.33. The second-order valence-electron chi connectivity index (χ2n) is 5.62. The van der Waals surface area contributed by atoms with Crippen molar-refractivity contribution in [3.8, 4) is 0 Å². The molecule has 0 heterocycles. The lowest BCUT2D eigenvalue weighted by atomic mass is 9.83. The van der Waals surface area contributed by atoms with Gasteiger partial charge in [-0.3, -0.25) is 4.79 Å². The van der Waals surface area contributed by atoms with Crippen molar-refractivity contribution in [3.63, 3.8) is 0 Å². The number of carbonyl (C=O) groups is 1. The second-order valence-corrected chi connectivity index (χ2v) is 5.62. The number of oxime groups is 1. The first kappa shape index (κ1) is 13.8. The Kier molecular flexibility index (Phi) is 3.69. The molecule has 5 nitrogen and oxygen atoms in total. The number of amidine groups is 1. The van der Waals surface area contributed by atoms with Crippen molar-refractivity contribution in [1.29, 1.82) is 0 Å². The van der Waals surface area contributed by atoms with E-state index in [-0.39, 0.29) is 17.3 Å². The molecule has 1 aliphatic rings. The standard InChI is InChI=1S/C12H23N3O2/c1-5-12(4,9(13)15-17)10(16)14-11(2,3)8-6-7-8/h8,17H,5-7H2,1-4H3,(H2,13,15)(H,14,16). The third kappa shape index (κ3) is 2.70. The van der Waals surface area contributed by atoms with Gasteiger partial charge in [0.1, 0.15) is 5.41 Å². The van der Waals surface area contributed by atoms with Crippen molar-refractivity contribution >= 4 is 11.7 Å². The topological polar surface area (TPSA) is 87.7 Å². The Balaban J connectivity index is 2.80. The van der Waals surface area contributed by atoms with Gasteiger partial charge in [-0.25, -0.2) is 0 Å². The molecule has 1 atom stereocenters. The van der Waals surface area contributed by atoms with Gasteiger partial charge in [-0.2, -0.15) is 0 Å². The van der Waals surface area contributed by atoms with Gasteiger partial charge in [0.15, 0.2) is 5.84 Å². The zero-order valence-electron chi connectivity index (χ0n) is 11.1. The summed E-state index contributed by atoms with van der Waals surface area (Å²) in [6.07, 6.45) is 2.80. The lowest BCUT2D eigenvalue weighted by Crippen LogP contribution is -2.54. The SMILES string of the molecule is CCC(C)(C(=O)NC(C)(C)C1CC1)C(N)=NO. The van der Waals surface area contributed by atoms with Gasteiger partial charge in [-0.1, -0.05) is 12.1 Å². The third-order valence-corrected chi connectivity index (χ3v) is 3.91. The minimum absolute atomic E-state index is 0.0379. The summed E-state index contributed by atoms with van der Waals surface area (Å²) in [5.41, 5.74) is 4.45. The van der Waals surface area contributed by atoms with E-state index in [9.17, 15) is 4.79 Å². The number of hydrogen-bond donors (Lipinski definition) is 3. The summed E-state index contributed by atoms with van der Waals surface area (Å²) in [5, 5.41) is 14.7. The van der Waals surface area contributed by atoms with E-state index in [4.69, 9.17) is 10.9 Å². The Labute approximate surface area is 102 Å². The highest BCUT2D eigenvalue weighted by molar-refractivity contribution is 6.06. The lowest BCUT2D eigenvalue weighted by molar-refractivity contribution is -0.129. The first-order chi connectivity index (χ1) is 7.78. The summed E-state index contributed by atoms with van der Waals surface area (Å²) in [4.78, 5) is 12.3. The molecule has 98 valence electrons. The number of amides is 1. The van der Waals surface area contributed by atoms with E-state index in [1.54, 1.807) is 6.92 Å². The number of nitrogens with one attached hydrogen (secondary N) is 1. The van der Waals surface area contributed by atoms with Crippen molar-refractivity contribution in [2.45, 2.75) is 52.5 Å². The zero-order valence-corrected chi connectivity index (χ0v) is 11.1. The Morgan fingerprint density at radius 1 is 1.47 bits per heavy atom. The predicted molar refractivity (Wildman–Crippen MR) is 66.8 cm³/mol. The highest BCUT2D eigenvalue weighted by atomic mass is 16.4. The van der Waals surface area contributed by atoms with Gasteiger partial charge in [-0.05, 0) is 46.0 Å². The van der Waals surface area contributed by atoms with E-state index in [2.05, 4.69) is 10.5 Å². The van der Waals surface area contributed by atoms with Crippen molar-refractivity contribution in [1.82, 2.24) is 5.32 Å². The summed E-state index contributed by atoms with van der Waals surface area (Å²) >= 11 is 0. The summed E-state index contributed by atoms with van der Waals surface area (Å²) in [7, 11) is 0. The van der Waals surface area contributed by atoms with Crippen LogP contribution in [0.25, 0.3) is 0 Å². The van der Waals surface area contributed by atoms with Gasteiger partial charge in [0, 0.05) is 5.54 Å². The van der Waals surface area contributed by atoms with E-state index in [1.807, 2.05) is 20.8 Å². The molecule has 1 unspecified atom stereocenters. The van der Waals surface area contributed by atoms with E-state index in [0.29, 0.717) is 12.3 Å². The third-order valence-electron chi connectivity index (χ3n) is 3.91. The Bertz CT molecular complexity index is 335. The summed E-state index contributed by atoms with van der Waals surface area (Å²) in [6, 6.07) is 0. The highest BCUT2D eigenvalue weighted by Crippen LogP contribution is 2.39. The van der Waals surface area contributed by atoms with Crippen molar-refractivity contribution in [2.24, 2.45) is 22.2 Å². The number of nitrogens with zero attached hydrogens (tertiary/aromatic N) is 1. The average molecular weight is 241 g/mol. The van der Waals surface area contributed by atoms with Crippen LogP contribution in [-0.2, 0) is 4.79 Å². The van der Waals surface area contributed by atoms with Crippen LogP contribution in [0.3, 0.4) is 0 Å². The number of nitrogens with two attached hydrogens (primary N) is 1. The van der Waals surface area contributed by atoms with Crippen molar-refractivity contribution < 1.29 is 10.0 Å². The van der Waals surface area contributed by atoms with E-state index >= 15 is 0 Å². The van der Waals surface area contributed by atoms with Crippen LogP contribution in [0.2, 0.25) is 0 Å². The fraction of sp³-hybridized carbons (Fsp3) is 0.833. The molecule has 1 aliphatic carbocycles. The van der Waals surface area contributed by atoms with E-state index in [1.165, 1.54) is 0 Å². The first-order valence-corrected chi connectivity index (χ1v) is 6.08. The van der Waals surface area contributed by atoms with Crippen molar-refractivity contribution in [2.75, 3.05) is 0 Å². The fourth-order valence-electron chi connectivity index (χ4n) is 1.91. The molecule has 0 spiro atoms. The highest BCUT2D eigenvalue weighted by Gasteiger charge is 2.43. The molecule has 0 radical (unpaired) electrons. The van der Waals surface area contributed by atoms with Gasteiger partial charge < -0.3 is 16.3 Å². The van der Waals surface area contributed by atoms with Crippen LogP contribution in [-0.4, -0.2) is 22.5 Å². The molecule has 0 aromatic rings. The largest absolute Gasteiger partial charge is 0.409 e. The van der Waals surface area contributed by atoms with Crippen LogP contribution in [0.5, 0.6) is 0 Å². The smallest absolute Gasteiger partial charge is 0.234 e. The maximum atomic E-state index is 12.3. The van der Waals surface area contributed by atoms with Gasteiger partial charge in [0.2, 0.25) is 5.91 Å². The second kappa shape index (κ2) is 4.55. The molecule has 5 heteroatoms. The molecule has 0 aromatic carbocycles. The molecule has 0 aromatic heterocycles. The minimum atomic E-state index is -0.944. The normalized spacial score (nSPS) is 20.8. The summed E-state index contributed by atoms with van der Waals surface area (Å²) < 4.78 is 0. The van der Waals surface area contributed by atoms with Crippen LogP contribution in [0.1, 0.15) is 47.0 Å². The van der Waals surface area contributed by atoms with Crippen LogP contribution in [0.15, 0.2) is 5.16 Å². The van der Waals surface area contributed by atoms with Gasteiger partial charge in [0.05, 0.1) is 0 Å². The van der Waals surface area contributed by atoms with Crippen LogP contribution in [0, 0.1) is 11.3 Å². The molecule has 1 saturated carbocycles. The molecular formula is C12H23N3O2. The average Bonchev–Trinajstić information content (AvgIpc) is 3.09. The van der Waals surface area contributed by atoms with Crippen LogP contribution < -0.4 is 11.1 Å². The molecule has 1 amide bonds.